The van der Waals surface area contributed by atoms with E-state index in [2.05, 4.69) is 34.1 Å². The third-order valence-electron chi connectivity index (χ3n) is 4.28. The Labute approximate surface area is 162 Å². The summed E-state index contributed by atoms with van der Waals surface area (Å²) in [6.07, 6.45) is 2.05. The van der Waals surface area contributed by atoms with E-state index >= 15 is 0 Å². The Kier molecular flexibility index (Phi) is 5.93. The van der Waals surface area contributed by atoms with Gasteiger partial charge in [-0.1, -0.05) is 24.3 Å². The quantitative estimate of drug-likeness (QED) is 0.634. The second kappa shape index (κ2) is 8.37. The Morgan fingerprint density at radius 3 is 2.52 bits per heavy atom. The first kappa shape index (κ1) is 19.1. The summed E-state index contributed by atoms with van der Waals surface area (Å²) >= 11 is 1.70. The van der Waals surface area contributed by atoms with Crippen molar-refractivity contribution in [1.29, 1.82) is 0 Å². The Hall–Kier alpha value is -2.64. The Morgan fingerprint density at radius 2 is 1.85 bits per heavy atom. The van der Waals surface area contributed by atoms with Crippen LogP contribution in [0.2, 0.25) is 0 Å². The zero-order chi connectivity index (χ0) is 19.4. The van der Waals surface area contributed by atoms with Gasteiger partial charge in [0.2, 0.25) is 5.91 Å². The van der Waals surface area contributed by atoms with Crippen LogP contribution < -0.4 is 11.3 Å². The number of para-hydroxylation sites is 1. The summed E-state index contributed by atoms with van der Waals surface area (Å²) in [6, 6.07) is 15.5. The van der Waals surface area contributed by atoms with Crippen LogP contribution in [-0.2, 0) is 24.4 Å². The summed E-state index contributed by atoms with van der Waals surface area (Å²) in [5.74, 6) is -0.0357. The maximum atomic E-state index is 12.8. The molecule has 0 spiro atoms. The number of rotatable bonds is 7. The predicted octanol–water partition coefficient (Wildman–Crippen LogP) is 2.24. The van der Waals surface area contributed by atoms with Crippen LogP contribution in [0.4, 0.5) is 0 Å². The summed E-state index contributed by atoms with van der Waals surface area (Å²) in [5.41, 5.74) is 6.89. The zero-order valence-corrected chi connectivity index (χ0v) is 16.2. The summed E-state index contributed by atoms with van der Waals surface area (Å²) in [4.78, 5) is 32.1. The third kappa shape index (κ3) is 4.56. The Morgan fingerprint density at radius 1 is 1.15 bits per heavy atom. The number of primary amides is 1. The maximum absolute atomic E-state index is 12.8. The van der Waals surface area contributed by atoms with E-state index < -0.39 is 5.91 Å². The maximum Gasteiger partial charge on any atom is 0.261 e. The first-order valence-corrected chi connectivity index (χ1v) is 9.78. The first-order chi connectivity index (χ1) is 13.0. The van der Waals surface area contributed by atoms with Crippen LogP contribution in [0.15, 0.2) is 58.2 Å². The van der Waals surface area contributed by atoms with E-state index in [9.17, 15) is 9.59 Å². The van der Waals surface area contributed by atoms with Gasteiger partial charge in [-0.15, -0.1) is 11.8 Å². The van der Waals surface area contributed by atoms with E-state index in [0.29, 0.717) is 29.8 Å². The minimum absolute atomic E-state index is 0.178. The van der Waals surface area contributed by atoms with E-state index in [0.717, 1.165) is 0 Å². The van der Waals surface area contributed by atoms with E-state index in [1.165, 1.54) is 15.0 Å². The van der Waals surface area contributed by atoms with Crippen LogP contribution in [-0.4, -0.2) is 33.7 Å². The number of nitrogens with zero attached hydrogens (tertiary/aromatic N) is 3. The van der Waals surface area contributed by atoms with Crippen molar-refractivity contribution in [2.75, 3.05) is 13.3 Å². The summed E-state index contributed by atoms with van der Waals surface area (Å²) in [7, 11) is 1.96. The number of aromatic nitrogens is 2. The molecule has 0 saturated carbocycles. The number of amides is 1. The van der Waals surface area contributed by atoms with Crippen molar-refractivity contribution in [3.8, 4) is 0 Å². The topological polar surface area (TPSA) is 81.2 Å². The fraction of sp³-hybridized carbons (Fsp3) is 0.250. The molecule has 1 heterocycles. The standard InChI is InChI=1S/C20H22N4O2S/c1-23(11-14-7-9-15(27-2)10-8-14)13-19-22-17-6-4-3-5-16(17)20(26)24(19)12-18(21)25/h3-10H,11-13H2,1-2H3,(H2,21,25). The van der Waals surface area contributed by atoms with Gasteiger partial charge in [-0.3, -0.25) is 19.1 Å². The minimum Gasteiger partial charge on any atom is -0.368 e. The van der Waals surface area contributed by atoms with Crippen molar-refractivity contribution < 1.29 is 4.79 Å². The van der Waals surface area contributed by atoms with Crippen molar-refractivity contribution in [3.63, 3.8) is 0 Å². The molecule has 0 saturated heterocycles. The van der Waals surface area contributed by atoms with Gasteiger partial charge in [0.1, 0.15) is 12.4 Å². The lowest BCUT2D eigenvalue weighted by molar-refractivity contribution is -0.118. The molecule has 0 aliphatic rings. The SMILES string of the molecule is CSc1ccc(CN(C)Cc2nc3ccccc3c(=O)n2CC(N)=O)cc1. The molecule has 6 nitrogen and oxygen atoms in total. The highest BCUT2D eigenvalue weighted by molar-refractivity contribution is 7.98. The summed E-state index contributed by atoms with van der Waals surface area (Å²) in [5, 5.41) is 0.484. The van der Waals surface area contributed by atoms with Crippen LogP contribution in [0.25, 0.3) is 10.9 Å². The van der Waals surface area contributed by atoms with Crippen molar-refractivity contribution >= 4 is 28.6 Å². The molecule has 0 bridgehead atoms. The first-order valence-electron chi connectivity index (χ1n) is 8.56. The molecule has 7 heteroatoms. The number of nitrogens with two attached hydrogens (primary N) is 1. The van der Waals surface area contributed by atoms with Gasteiger partial charge in [0, 0.05) is 11.4 Å². The van der Waals surface area contributed by atoms with Crippen LogP contribution in [0, 0.1) is 0 Å². The molecule has 0 unspecified atom stereocenters. The highest BCUT2D eigenvalue weighted by Crippen LogP contribution is 2.16. The molecule has 1 aromatic heterocycles. The summed E-state index contributed by atoms with van der Waals surface area (Å²) < 4.78 is 1.37. The van der Waals surface area contributed by atoms with E-state index in [-0.39, 0.29) is 12.1 Å². The fourth-order valence-electron chi connectivity index (χ4n) is 2.99. The van der Waals surface area contributed by atoms with Crippen LogP contribution in [0.5, 0.6) is 0 Å². The van der Waals surface area contributed by atoms with Gasteiger partial charge in [0.25, 0.3) is 5.56 Å². The molecule has 0 atom stereocenters. The van der Waals surface area contributed by atoms with Gasteiger partial charge < -0.3 is 5.73 Å². The van der Waals surface area contributed by atoms with E-state index in [1.807, 2.05) is 19.4 Å². The molecule has 0 fully saturated rings. The molecule has 27 heavy (non-hydrogen) atoms. The molecular weight excluding hydrogens is 360 g/mol. The van der Waals surface area contributed by atoms with Gasteiger partial charge in [-0.2, -0.15) is 0 Å². The van der Waals surface area contributed by atoms with Crippen molar-refractivity contribution in [3.05, 3.63) is 70.3 Å². The van der Waals surface area contributed by atoms with Crippen molar-refractivity contribution in [2.24, 2.45) is 5.73 Å². The van der Waals surface area contributed by atoms with Crippen LogP contribution in [0.1, 0.15) is 11.4 Å². The smallest absolute Gasteiger partial charge is 0.261 e. The lowest BCUT2D eigenvalue weighted by Gasteiger charge is -2.19. The van der Waals surface area contributed by atoms with Crippen LogP contribution >= 0.6 is 11.8 Å². The molecule has 2 N–H and O–H groups in total. The zero-order valence-electron chi connectivity index (χ0n) is 15.4. The Balaban J connectivity index is 1.89. The third-order valence-corrected chi connectivity index (χ3v) is 5.02. The van der Waals surface area contributed by atoms with E-state index in [1.54, 1.807) is 30.0 Å². The Bertz CT molecular complexity index is 1010. The van der Waals surface area contributed by atoms with Crippen molar-refractivity contribution in [2.45, 2.75) is 24.5 Å². The van der Waals surface area contributed by atoms with Crippen LogP contribution in [0.3, 0.4) is 0 Å². The monoisotopic (exact) mass is 382 g/mol. The summed E-state index contributed by atoms with van der Waals surface area (Å²) in [6.45, 7) is 0.952. The number of hydrogen-bond donors (Lipinski definition) is 1. The molecule has 1 amide bonds. The molecule has 140 valence electrons. The highest BCUT2D eigenvalue weighted by Gasteiger charge is 2.14. The van der Waals surface area contributed by atoms with Gasteiger partial charge in [-0.25, -0.2) is 4.98 Å². The average molecular weight is 382 g/mol. The van der Waals surface area contributed by atoms with E-state index in [4.69, 9.17) is 5.73 Å². The molecule has 0 radical (unpaired) electrons. The number of thioether (sulfide) groups is 1. The molecule has 0 aliphatic carbocycles. The average Bonchev–Trinajstić information content (AvgIpc) is 2.65. The minimum atomic E-state index is -0.564. The number of fused-ring (bicyclic) bond motifs is 1. The number of carbonyl (C=O) groups is 1. The lowest BCUT2D eigenvalue weighted by atomic mass is 10.2. The second-order valence-electron chi connectivity index (χ2n) is 6.42. The number of carbonyl (C=O) groups excluding carboxylic acids is 1. The predicted molar refractivity (Wildman–Crippen MR) is 109 cm³/mol. The van der Waals surface area contributed by atoms with Gasteiger partial charge >= 0.3 is 0 Å². The van der Waals surface area contributed by atoms with Gasteiger partial charge in [0.15, 0.2) is 0 Å². The lowest BCUT2D eigenvalue weighted by Crippen LogP contribution is -2.33. The largest absolute Gasteiger partial charge is 0.368 e. The number of hydrogen-bond acceptors (Lipinski definition) is 5. The second-order valence-corrected chi connectivity index (χ2v) is 7.30. The van der Waals surface area contributed by atoms with Gasteiger partial charge in [-0.05, 0) is 43.1 Å². The normalized spacial score (nSPS) is 11.2. The highest BCUT2D eigenvalue weighted by atomic mass is 32.2. The molecular formula is C20H22N4O2S. The molecule has 2 aromatic carbocycles. The molecule has 3 rings (SSSR count). The number of benzene rings is 2. The fourth-order valence-corrected chi connectivity index (χ4v) is 3.40. The van der Waals surface area contributed by atoms with Crippen molar-refractivity contribution in [1.82, 2.24) is 14.5 Å². The molecule has 3 aromatic rings. The molecule has 0 aliphatic heterocycles. The van der Waals surface area contributed by atoms with Gasteiger partial charge in [0.05, 0.1) is 17.4 Å².